The van der Waals surface area contributed by atoms with E-state index in [4.69, 9.17) is 23.2 Å². The molecule has 0 aromatic heterocycles. The van der Waals surface area contributed by atoms with Crippen molar-refractivity contribution in [1.29, 1.82) is 0 Å². The van der Waals surface area contributed by atoms with Crippen molar-refractivity contribution in [1.82, 2.24) is 5.32 Å². The van der Waals surface area contributed by atoms with Crippen molar-refractivity contribution >= 4 is 23.2 Å². The van der Waals surface area contributed by atoms with Crippen LogP contribution in [0.3, 0.4) is 0 Å². The van der Waals surface area contributed by atoms with Crippen LogP contribution in [-0.4, -0.2) is 10.2 Å². The van der Waals surface area contributed by atoms with Gasteiger partial charge in [0.05, 0.1) is 10.0 Å². The molecule has 0 aliphatic carbocycles. The number of hydrogen-bond acceptors (Lipinski definition) is 3. The van der Waals surface area contributed by atoms with Crippen LogP contribution in [0.2, 0.25) is 10.0 Å². The predicted octanol–water partition coefficient (Wildman–Crippen LogP) is 4.26. The van der Waals surface area contributed by atoms with Crippen LogP contribution in [0.25, 0.3) is 0 Å². The maximum absolute atomic E-state index is 9.72. The van der Waals surface area contributed by atoms with E-state index in [1.165, 1.54) is 6.07 Å². The van der Waals surface area contributed by atoms with Crippen molar-refractivity contribution < 1.29 is 10.2 Å². The molecule has 2 aromatic rings. The minimum Gasteiger partial charge on any atom is -0.508 e. The molecule has 2 aromatic carbocycles. The fourth-order valence-electron chi connectivity index (χ4n) is 1.86. The Morgan fingerprint density at radius 2 is 1.80 bits per heavy atom. The Labute approximate surface area is 127 Å². The highest BCUT2D eigenvalue weighted by Gasteiger charge is 2.09. The van der Waals surface area contributed by atoms with Crippen LogP contribution >= 0.6 is 23.2 Å². The Bertz CT molecular complexity index is 617. The van der Waals surface area contributed by atoms with E-state index >= 15 is 0 Å². The quantitative estimate of drug-likeness (QED) is 0.791. The third-order valence-electron chi connectivity index (χ3n) is 3.11. The highest BCUT2D eigenvalue weighted by atomic mass is 35.5. The van der Waals surface area contributed by atoms with Crippen molar-refractivity contribution in [3.05, 3.63) is 57.6 Å². The average Bonchev–Trinajstić information content (AvgIpc) is 2.40. The lowest BCUT2D eigenvalue weighted by Gasteiger charge is -2.15. The molecule has 0 saturated carbocycles. The van der Waals surface area contributed by atoms with E-state index in [9.17, 15) is 10.2 Å². The summed E-state index contributed by atoms with van der Waals surface area (Å²) >= 11 is 11.9. The van der Waals surface area contributed by atoms with E-state index in [1.54, 1.807) is 18.2 Å². The minimum atomic E-state index is 0.0452. The van der Waals surface area contributed by atoms with Gasteiger partial charge in [-0.1, -0.05) is 35.3 Å². The normalized spacial score (nSPS) is 12.3. The zero-order chi connectivity index (χ0) is 14.7. The molecule has 0 aliphatic heterocycles. The fraction of sp³-hybridized carbons (Fsp3) is 0.200. The van der Waals surface area contributed by atoms with Crippen molar-refractivity contribution in [2.75, 3.05) is 0 Å². The molecule has 20 heavy (non-hydrogen) atoms. The van der Waals surface area contributed by atoms with Crippen LogP contribution in [-0.2, 0) is 6.54 Å². The first-order valence-electron chi connectivity index (χ1n) is 6.16. The van der Waals surface area contributed by atoms with Crippen LogP contribution in [0.5, 0.6) is 11.5 Å². The van der Waals surface area contributed by atoms with E-state index in [-0.39, 0.29) is 17.5 Å². The van der Waals surface area contributed by atoms with Gasteiger partial charge in [-0.05, 0) is 30.7 Å². The van der Waals surface area contributed by atoms with E-state index in [1.807, 2.05) is 19.1 Å². The molecule has 0 heterocycles. The molecular formula is C15H15Cl2NO2. The van der Waals surface area contributed by atoms with Gasteiger partial charge in [-0.3, -0.25) is 0 Å². The second-order valence-electron chi connectivity index (χ2n) is 4.59. The molecule has 0 amide bonds. The van der Waals surface area contributed by atoms with Gasteiger partial charge >= 0.3 is 0 Å². The van der Waals surface area contributed by atoms with Crippen molar-refractivity contribution in [3.8, 4) is 11.5 Å². The highest BCUT2D eigenvalue weighted by molar-refractivity contribution is 6.42. The third-order valence-corrected chi connectivity index (χ3v) is 3.85. The zero-order valence-corrected chi connectivity index (χ0v) is 12.4. The smallest absolute Gasteiger partial charge is 0.123 e. The molecule has 3 nitrogen and oxygen atoms in total. The Morgan fingerprint density at radius 3 is 2.45 bits per heavy atom. The van der Waals surface area contributed by atoms with Gasteiger partial charge in [-0.25, -0.2) is 0 Å². The third kappa shape index (κ3) is 3.57. The monoisotopic (exact) mass is 311 g/mol. The van der Waals surface area contributed by atoms with Crippen LogP contribution in [0, 0.1) is 0 Å². The first-order chi connectivity index (χ1) is 9.47. The molecule has 0 saturated heterocycles. The van der Waals surface area contributed by atoms with Crippen molar-refractivity contribution in [3.63, 3.8) is 0 Å². The summed E-state index contributed by atoms with van der Waals surface area (Å²) in [6, 6.07) is 10.1. The van der Waals surface area contributed by atoms with Gasteiger partial charge < -0.3 is 15.5 Å². The number of halogens is 2. The van der Waals surface area contributed by atoms with E-state index in [0.717, 1.165) is 11.1 Å². The number of benzene rings is 2. The lowest BCUT2D eigenvalue weighted by Crippen LogP contribution is -2.18. The number of hydrogen-bond donors (Lipinski definition) is 3. The van der Waals surface area contributed by atoms with Gasteiger partial charge in [0.25, 0.3) is 0 Å². The van der Waals surface area contributed by atoms with Crippen LogP contribution in [0.15, 0.2) is 36.4 Å². The SMILES string of the molecule is CC(NCc1ccc(O)cc1O)c1ccc(Cl)c(Cl)c1. The number of aromatic hydroxyl groups is 2. The molecule has 0 bridgehead atoms. The summed E-state index contributed by atoms with van der Waals surface area (Å²) in [6.07, 6.45) is 0. The standard InChI is InChI=1S/C15H15Cl2NO2/c1-9(10-3-5-13(16)14(17)6-10)18-8-11-2-4-12(19)7-15(11)20/h2-7,9,18-20H,8H2,1H3. The molecule has 5 heteroatoms. The highest BCUT2D eigenvalue weighted by Crippen LogP contribution is 2.26. The van der Waals surface area contributed by atoms with Gasteiger partial charge in [-0.15, -0.1) is 0 Å². The summed E-state index contributed by atoms with van der Waals surface area (Å²) < 4.78 is 0. The molecule has 0 fully saturated rings. The predicted molar refractivity (Wildman–Crippen MR) is 81.5 cm³/mol. The van der Waals surface area contributed by atoms with Gasteiger partial charge in [0.15, 0.2) is 0 Å². The summed E-state index contributed by atoms with van der Waals surface area (Å²) in [5.41, 5.74) is 1.73. The summed E-state index contributed by atoms with van der Waals surface area (Å²) in [5, 5.41) is 23.3. The Morgan fingerprint density at radius 1 is 1.05 bits per heavy atom. The first-order valence-corrected chi connectivity index (χ1v) is 6.92. The second kappa shape index (κ2) is 6.35. The number of phenolic OH excluding ortho intramolecular Hbond substituents is 2. The van der Waals surface area contributed by atoms with Crippen LogP contribution in [0.1, 0.15) is 24.1 Å². The summed E-state index contributed by atoms with van der Waals surface area (Å²) in [5.74, 6) is 0.114. The van der Waals surface area contributed by atoms with Gasteiger partial charge in [0.2, 0.25) is 0 Å². The average molecular weight is 312 g/mol. The largest absolute Gasteiger partial charge is 0.508 e. The van der Waals surface area contributed by atoms with E-state index < -0.39 is 0 Å². The molecular weight excluding hydrogens is 297 g/mol. The number of phenols is 2. The molecule has 1 atom stereocenters. The van der Waals surface area contributed by atoms with Crippen LogP contribution < -0.4 is 5.32 Å². The lowest BCUT2D eigenvalue weighted by atomic mass is 10.1. The van der Waals surface area contributed by atoms with Crippen LogP contribution in [0.4, 0.5) is 0 Å². The minimum absolute atomic E-state index is 0.0452. The topological polar surface area (TPSA) is 52.5 Å². The molecule has 0 radical (unpaired) electrons. The van der Waals surface area contributed by atoms with E-state index in [2.05, 4.69) is 5.32 Å². The Kier molecular flexibility index (Phi) is 4.76. The van der Waals surface area contributed by atoms with E-state index in [0.29, 0.717) is 16.6 Å². The second-order valence-corrected chi connectivity index (χ2v) is 5.40. The van der Waals surface area contributed by atoms with Gasteiger partial charge in [-0.2, -0.15) is 0 Å². The number of nitrogens with one attached hydrogen (secondary N) is 1. The Balaban J connectivity index is 2.04. The van der Waals surface area contributed by atoms with Gasteiger partial charge in [0.1, 0.15) is 11.5 Å². The molecule has 1 unspecified atom stereocenters. The molecule has 3 N–H and O–H groups in total. The molecule has 0 spiro atoms. The molecule has 106 valence electrons. The molecule has 2 rings (SSSR count). The van der Waals surface area contributed by atoms with Gasteiger partial charge in [0, 0.05) is 24.2 Å². The summed E-state index contributed by atoms with van der Waals surface area (Å²) in [7, 11) is 0. The fourth-order valence-corrected chi connectivity index (χ4v) is 2.17. The van der Waals surface area contributed by atoms with Crippen molar-refractivity contribution in [2.24, 2.45) is 0 Å². The first kappa shape index (κ1) is 15.0. The maximum atomic E-state index is 9.72. The summed E-state index contributed by atoms with van der Waals surface area (Å²) in [4.78, 5) is 0. The zero-order valence-electron chi connectivity index (χ0n) is 10.9. The number of rotatable bonds is 4. The maximum Gasteiger partial charge on any atom is 0.123 e. The molecule has 0 aliphatic rings. The van der Waals surface area contributed by atoms with Crippen molar-refractivity contribution in [2.45, 2.75) is 19.5 Å². The Hall–Kier alpha value is -1.42. The lowest BCUT2D eigenvalue weighted by molar-refractivity contribution is 0.441. The summed E-state index contributed by atoms with van der Waals surface area (Å²) in [6.45, 7) is 2.48.